The lowest BCUT2D eigenvalue weighted by Gasteiger charge is -2.48. The molecule has 14 heteroatoms. The van der Waals surface area contributed by atoms with Gasteiger partial charge < -0.3 is 48.9 Å². The summed E-state index contributed by atoms with van der Waals surface area (Å²) in [7, 11) is 6.64. The molecular weight excluding hydrogens is 708 g/mol. The molecular formula is C39H63ClN2O11. The maximum atomic E-state index is 14.1. The second-order valence-electron chi connectivity index (χ2n) is 15.7. The van der Waals surface area contributed by atoms with Crippen LogP contribution in [0.2, 0.25) is 5.02 Å². The first-order valence-electron chi connectivity index (χ1n) is 18.6. The van der Waals surface area contributed by atoms with Gasteiger partial charge in [0, 0.05) is 49.6 Å². The molecule has 0 aromatic heterocycles. The van der Waals surface area contributed by atoms with Crippen molar-refractivity contribution in [2.75, 3.05) is 28.3 Å². The second kappa shape index (κ2) is 19.0. The SMILES string of the molecule is CC[C@H]1OC(=O)[C@H](C)[C@@H](OC(=O)NCc2ccc(Cl)cc2)[C@H](C)[C@@H](O[C@@H]2O[C@H](C)C[C@H](N(C)C)[C@H]2O)[C@](C)(OC)C[C@@H](C)C(=O)[C@@H](C)[C@@H](OC)[C@]1(C)O. The number of nitrogens with zero attached hydrogens (tertiary/aromatic N) is 1. The summed E-state index contributed by atoms with van der Waals surface area (Å²) in [4.78, 5) is 43.7. The molecule has 3 rings (SSSR count). The van der Waals surface area contributed by atoms with Gasteiger partial charge in [0.25, 0.3) is 0 Å². The Morgan fingerprint density at radius 2 is 1.66 bits per heavy atom. The number of aliphatic hydroxyl groups excluding tert-OH is 1. The summed E-state index contributed by atoms with van der Waals surface area (Å²) in [6.45, 7) is 13.9. The lowest BCUT2D eigenvalue weighted by atomic mass is 9.73. The fraction of sp³-hybridized carbons (Fsp3) is 0.769. The number of hydrogen-bond donors (Lipinski definition) is 3. The van der Waals surface area contributed by atoms with Crippen LogP contribution < -0.4 is 5.32 Å². The van der Waals surface area contributed by atoms with Crippen molar-refractivity contribution in [3.63, 3.8) is 0 Å². The number of ether oxygens (including phenoxy) is 6. The third-order valence-corrected chi connectivity index (χ3v) is 11.5. The van der Waals surface area contributed by atoms with E-state index in [-0.39, 0.29) is 37.3 Å². The predicted octanol–water partition coefficient (Wildman–Crippen LogP) is 4.76. The van der Waals surface area contributed by atoms with Gasteiger partial charge in [0.15, 0.2) is 6.29 Å². The maximum absolute atomic E-state index is 14.1. The molecule has 0 spiro atoms. The van der Waals surface area contributed by atoms with Crippen molar-refractivity contribution < 1.29 is 53.0 Å². The van der Waals surface area contributed by atoms with E-state index in [1.807, 2.05) is 25.9 Å². The van der Waals surface area contributed by atoms with Crippen molar-refractivity contribution >= 4 is 29.4 Å². The van der Waals surface area contributed by atoms with Crippen molar-refractivity contribution in [1.29, 1.82) is 0 Å². The zero-order chi connectivity index (χ0) is 40.0. The molecule has 2 aliphatic heterocycles. The highest BCUT2D eigenvalue weighted by Gasteiger charge is 2.53. The number of halogens is 1. The average molecular weight is 771 g/mol. The molecule has 1 amide bonds. The largest absolute Gasteiger partial charge is 0.459 e. The van der Waals surface area contributed by atoms with E-state index in [2.05, 4.69) is 5.32 Å². The van der Waals surface area contributed by atoms with Crippen molar-refractivity contribution in [1.82, 2.24) is 10.2 Å². The van der Waals surface area contributed by atoms with E-state index in [4.69, 9.17) is 40.0 Å². The maximum Gasteiger partial charge on any atom is 0.407 e. The summed E-state index contributed by atoms with van der Waals surface area (Å²) in [6.07, 6.45) is -6.69. The topological polar surface area (TPSA) is 162 Å². The van der Waals surface area contributed by atoms with Gasteiger partial charge in [0.05, 0.1) is 29.8 Å². The second-order valence-corrected chi connectivity index (χ2v) is 16.1. The third-order valence-electron chi connectivity index (χ3n) is 11.3. The Balaban J connectivity index is 2.16. The first kappa shape index (κ1) is 45.0. The number of Topliss-reactive ketones (excluding diaryl/α,β-unsaturated/α-hetero) is 1. The molecule has 2 saturated heterocycles. The summed E-state index contributed by atoms with van der Waals surface area (Å²) in [5.74, 6) is -4.30. The number of nitrogens with one attached hydrogen (secondary N) is 1. The molecule has 1 aromatic rings. The van der Waals surface area contributed by atoms with Crippen molar-refractivity contribution in [2.45, 2.75) is 141 Å². The predicted molar refractivity (Wildman–Crippen MR) is 199 cm³/mol. The Labute approximate surface area is 320 Å². The van der Waals surface area contributed by atoms with Crippen LogP contribution in [0.25, 0.3) is 0 Å². The van der Waals surface area contributed by atoms with Gasteiger partial charge in [-0.25, -0.2) is 4.79 Å². The van der Waals surface area contributed by atoms with E-state index in [0.29, 0.717) is 11.4 Å². The highest BCUT2D eigenvalue weighted by Crippen LogP contribution is 2.40. The van der Waals surface area contributed by atoms with Gasteiger partial charge in [-0.2, -0.15) is 0 Å². The van der Waals surface area contributed by atoms with Gasteiger partial charge >= 0.3 is 12.1 Å². The monoisotopic (exact) mass is 770 g/mol. The van der Waals surface area contributed by atoms with Gasteiger partial charge in [-0.1, -0.05) is 51.4 Å². The molecule has 14 atom stereocenters. The zero-order valence-electron chi connectivity index (χ0n) is 33.5. The fourth-order valence-corrected chi connectivity index (χ4v) is 8.28. The zero-order valence-corrected chi connectivity index (χ0v) is 34.2. The number of carbonyl (C=O) groups is 3. The number of cyclic esters (lactones) is 1. The van der Waals surface area contributed by atoms with Crippen LogP contribution in [0.3, 0.4) is 0 Å². The molecule has 2 fully saturated rings. The van der Waals surface area contributed by atoms with Crippen LogP contribution in [0.15, 0.2) is 24.3 Å². The Bertz CT molecular complexity index is 1360. The normalized spacial score (nSPS) is 39.2. The minimum Gasteiger partial charge on any atom is -0.459 e. The Morgan fingerprint density at radius 1 is 1.04 bits per heavy atom. The highest BCUT2D eigenvalue weighted by molar-refractivity contribution is 6.30. The number of amides is 1. The Morgan fingerprint density at radius 3 is 2.21 bits per heavy atom. The lowest BCUT2D eigenvalue weighted by molar-refractivity contribution is -0.301. The number of hydrogen-bond acceptors (Lipinski definition) is 12. The van der Waals surface area contributed by atoms with E-state index >= 15 is 0 Å². The van der Waals surface area contributed by atoms with Crippen LogP contribution >= 0.6 is 11.6 Å². The number of carbonyl (C=O) groups excluding carboxylic acids is 3. The molecule has 0 radical (unpaired) electrons. The van der Waals surface area contributed by atoms with Crippen molar-refractivity contribution in [3.8, 4) is 0 Å². The molecule has 0 saturated carbocycles. The Hall–Kier alpha value is -2.36. The third kappa shape index (κ3) is 10.7. The van der Waals surface area contributed by atoms with Gasteiger partial charge in [-0.3, -0.25) is 9.59 Å². The summed E-state index contributed by atoms with van der Waals surface area (Å²) < 4.78 is 37.0. The molecule has 13 nitrogen and oxygen atoms in total. The summed E-state index contributed by atoms with van der Waals surface area (Å²) in [6, 6.07) is 6.66. The van der Waals surface area contributed by atoms with Gasteiger partial charge in [0.1, 0.15) is 29.7 Å². The first-order chi connectivity index (χ1) is 24.7. The van der Waals surface area contributed by atoms with Gasteiger partial charge in [0.2, 0.25) is 0 Å². The molecule has 53 heavy (non-hydrogen) atoms. The number of rotatable bonds is 9. The average Bonchev–Trinajstić information content (AvgIpc) is 3.10. The minimum absolute atomic E-state index is 0.120. The lowest BCUT2D eigenvalue weighted by Crippen LogP contribution is -2.61. The van der Waals surface area contributed by atoms with E-state index in [9.17, 15) is 24.6 Å². The van der Waals surface area contributed by atoms with E-state index in [0.717, 1.165) is 5.56 Å². The van der Waals surface area contributed by atoms with Crippen LogP contribution in [-0.4, -0.2) is 121 Å². The first-order valence-corrected chi connectivity index (χ1v) is 19.0. The number of esters is 1. The summed E-state index contributed by atoms with van der Waals surface area (Å²) in [5.41, 5.74) is -2.26. The highest BCUT2D eigenvalue weighted by atomic mass is 35.5. The number of methoxy groups -OCH3 is 2. The van der Waals surface area contributed by atoms with Crippen LogP contribution in [0.5, 0.6) is 0 Å². The molecule has 0 bridgehead atoms. The molecule has 0 aliphatic carbocycles. The standard InChI is InChI=1S/C39H63ClN2O11/c1-13-29-39(8,47)34(48-11)23(4)30(43)21(2)19-38(7,49-12)33(53-36-31(44)28(42(9)10)18-22(3)50-36)24(5)32(25(6)35(45)51-29)52-37(46)41-20-26-14-16-27(40)17-15-26/h14-17,21-25,28-29,31-34,36,44,47H,13,18-20H2,1-12H3,(H,41,46)/t21-,22-,23-,24+,25-,28+,29-,31-,32+,33-,34-,36+,38-,39-/m1/s1. The molecule has 0 unspecified atom stereocenters. The van der Waals surface area contributed by atoms with Crippen molar-refractivity contribution in [2.24, 2.45) is 23.7 Å². The van der Waals surface area contributed by atoms with Crippen LogP contribution in [0.4, 0.5) is 4.79 Å². The fourth-order valence-electron chi connectivity index (χ4n) is 8.15. The molecule has 3 N–H and O–H groups in total. The number of alkyl carbamates (subject to hydrolysis) is 1. The minimum atomic E-state index is -1.76. The van der Waals surface area contributed by atoms with Crippen LogP contribution in [0.1, 0.15) is 80.2 Å². The number of benzene rings is 1. The summed E-state index contributed by atoms with van der Waals surface area (Å²) >= 11 is 6.04. The summed E-state index contributed by atoms with van der Waals surface area (Å²) in [5, 5.41) is 26.7. The number of aliphatic hydroxyl groups is 2. The molecule has 2 heterocycles. The van der Waals surface area contributed by atoms with E-state index in [1.54, 1.807) is 65.8 Å². The van der Waals surface area contributed by atoms with E-state index < -0.39 is 83.7 Å². The van der Waals surface area contributed by atoms with E-state index in [1.165, 1.54) is 21.1 Å². The smallest absolute Gasteiger partial charge is 0.407 e. The van der Waals surface area contributed by atoms with Crippen LogP contribution in [-0.2, 0) is 44.6 Å². The number of likely N-dealkylation sites (N-methyl/N-ethyl adjacent to an activating group) is 1. The number of ketones is 1. The molecule has 2 aliphatic rings. The van der Waals surface area contributed by atoms with Gasteiger partial charge in [-0.05, 0) is 78.7 Å². The molecule has 1 aromatic carbocycles. The quantitative estimate of drug-likeness (QED) is 0.296. The Kier molecular flexibility index (Phi) is 16.1. The van der Waals surface area contributed by atoms with Crippen molar-refractivity contribution in [3.05, 3.63) is 34.9 Å². The van der Waals surface area contributed by atoms with Gasteiger partial charge in [-0.15, -0.1) is 0 Å². The molecule has 302 valence electrons. The van der Waals surface area contributed by atoms with Crippen LogP contribution in [0, 0.1) is 23.7 Å².